The van der Waals surface area contributed by atoms with Gasteiger partial charge < -0.3 is 10.2 Å². The van der Waals surface area contributed by atoms with Crippen LogP contribution in [-0.4, -0.2) is 22.4 Å². The average molecular weight is 205 g/mol. The minimum Gasteiger partial charge on any atom is -0.390 e. The zero-order valence-electron chi connectivity index (χ0n) is 8.50. The van der Waals surface area contributed by atoms with Gasteiger partial charge >= 0.3 is 0 Å². The van der Waals surface area contributed by atoms with E-state index in [0.717, 1.165) is 5.57 Å². The molecule has 0 heterocycles. The lowest BCUT2D eigenvalue weighted by Crippen LogP contribution is -2.25. The molecule has 0 aliphatic rings. The van der Waals surface area contributed by atoms with Crippen molar-refractivity contribution in [3.05, 3.63) is 22.3 Å². The highest BCUT2D eigenvalue weighted by atomic mass is 35.5. The van der Waals surface area contributed by atoms with Gasteiger partial charge in [0.2, 0.25) is 0 Å². The molecule has 2 unspecified atom stereocenters. The highest BCUT2D eigenvalue weighted by Gasteiger charge is 2.19. The third-order valence-corrected chi connectivity index (χ3v) is 2.22. The van der Waals surface area contributed by atoms with Crippen LogP contribution in [-0.2, 0) is 0 Å². The van der Waals surface area contributed by atoms with Crippen molar-refractivity contribution in [3.8, 4) is 0 Å². The van der Waals surface area contributed by atoms with Crippen LogP contribution in [0.4, 0.5) is 0 Å². The maximum absolute atomic E-state index is 9.62. The summed E-state index contributed by atoms with van der Waals surface area (Å²) < 4.78 is 0. The van der Waals surface area contributed by atoms with Crippen molar-refractivity contribution in [2.24, 2.45) is 0 Å². The highest BCUT2D eigenvalue weighted by molar-refractivity contribution is 6.32. The Morgan fingerprint density at radius 2 is 1.77 bits per heavy atom. The summed E-state index contributed by atoms with van der Waals surface area (Å²) in [6, 6.07) is 0. The van der Waals surface area contributed by atoms with E-state index in [-0.39, 0.29) is 0 Å². The summed E-state index contributed by atoms with van der Waals surface area (Å²) in [6.45, 7) is 7.03. The topological polar surface area (TPSA) is 40.5 Å². The van der Waals surface area contributed by atoms with Crippen molar-refractivity contribution >= 4 is 11.6 Å². The Balaban J connectivity index is 4.97. The summed E-state index contributed by atoms with van der Waals surface area (Å²) in [5, 5.41) is 19.3. The van der Waals surface area contributed by atoms with Gasteiger partial charge in [-0.15, -0.1) is 0 Å². The zero-order chi connectivity index (χ0) is 10.6. The molecule has 0 rings (SSSR count). The Morgan fingerprint density at radius 1 is 1.31 bits per heavy atom. The first-order chi connectivity index (χ1) is 5.91. The molecule has 0 aliphatic heterocycles. The predicted octanol–water partition coefficient (Wildman–Crippen LogP) is 2.21. The smallest absolute Gasteiger partial charge is 0.106 e. The van der Waals surface area contributed by atoms with Gasteiger partial charge in [0, 0.05) is 5.03 Å². The SMILES string of the molecule is CC=C(Cl)C(=C(C)C)C(O)C(C)O. The fourth-order valence-corrected chi connectivity index (χ4v) is 1.37. The van der Waals surface area contributed by atoms with Crippen LogP contribution in [0.5, 0.6) is 0 Å². The van der Waals surface area contributed by atoms with Crippen LogP contribution in [0.15, 0.2) is 22.3 Å². The van der Waals surface area contributed by atoms with Gasteiger partial charge in [0.05, 0.1) is 6.10 Å². The second-order valence-electron chi connectivity index (χ2n) is 3.24. The Bertz CT molecular complexity index is 225. The van der Waals surface area contributed by atoms with E-state index in [1.165, 1.54) is 6.92 Å². The highest BCUT2D eigenvalue weighted by Crippen LogP contribution is 2.23. The van der Waals surface area contributed by atoms with Crippen LogP contribution in [0.25, 0.3) is 0 Å². The summed E-state index contributed by atoms with van der Waals surface area (Å²) in [4.78, 5) is 0. The molecule has 0 saturated heterocycles. The number of allylic oxidation sites excluding steroid dienone is 2. The summed E-state index contributed by atoms with van der Waals surface area (Å²) >= 11 is 5.90. The molecule has 3 heteroatoms. The van der Waals surface area contributed by atoms with Crippen molar-refractivity contribution < 1.29 is 10.2 Å². The molecule has 0 amide bonds. The van der Waals surface area contributed by atoms with E-state index in [1.807, 2.05) is 13.8 Å². The van der Waals surface area contributed by atoms with E-state index in [4.69, 9.17) is 11.6 Å². The molecule has 2 atom stereocenters. The number of aliphatic hydroxyl groups excluding tert-OH is 2. The second kappa shape index (κ2) is 5.43. The minimum absolute atomic E-state index is 0.494. The second-order valence-corrected chi connectivity index (χ2v) is 3.64. The van der Waals surface area contributed by atoms with E-state index in [2.05, 4.69) is 0 Å². The Kier molecular flexibility index (Phi) is 5.30. The summed E-state index contributed by atoms with van der Waals surface area (Å²) in [5.74, 6) is 0. The Labute approximate surface area is 84.5 Å². The fraction of sp³-hybridized carbons (Fsp3) is 0.600. The first kappa shape index (κ1) is 12.7. The fourth-order valence-electron chi connectivity index (χ4n) is 1.07. The third kappa shape index (κ3) is 3.51. The molecule has 0 aromatic carbocycles. The van der Waals surface area contributed by atoms with Crippen LogP contribution >= 0.6 is 11.6 Å². The molecular weight excluding hydrogens is 188 g/mol. The van der Waals surface area contributed by atoms with Crippen LogP contribution in [0.3, 0.4) is 0 Å². The predicted molar refractivity (Wildman–Crippen MR) is 55.7 cm³/mol. The molecule has 0 saturated carbocycles. The molecule has 0 spiro atoms. The van der Waals surface area contributed by atoms with Gasteiger partial charge in [-0.1, -0.05) is 23.3 Å². The number of aliphatic hydroxyl groups is 2. The molecular formula is C10H17ClO2. The van der Waals surface area contributed by atoms with Gasteiger partial charge in [0.1, 0.15) is 6.10 Å². The summed E-state index contributed by atoms with van der Waals surface area (Å²) in [6.07, 6.45) is -0.0116. The quantitative estimate of drug-likeness (QED) is 0.693. The Morgan fingerprint density at radius 3 is 2.00 bits per heavy atom. The third-order valence-electron chi connectivity index (χ3n) is 1.80. The summed E-state index contributed by atoms with van der Waals surface area (Å²) in [7, 11) is 0. The van der Waals surface area contributed by atoms with Crippen LogP contribution < -0.4 is 0 Å². The van der Waals surface area contributed by atoms with Gasteiger partial charge in [-0.05, 0) is 33.3 Å². The lowest BCUT2D eigenvalue weighted by molar-refractivity contribution is 0.0559. The van der Waals surface area contributed by atoms with Crippen LogP contribution in [0, 0.1) is 0 Å². The molecule has 0 aromatic heterocycles. The van der Waals surface area contributed by atoms with Crippen molar-refractivity contribution in [2.45, 2.75) is 39.9 Å². The van der Waals surface area contributed by atoms with Crippen LogP contribution in [0.2, 0.25) is 0 Å². The first-order valence-corrected chi connectivity index (χ1v) is 4.65. The van der Waals surface area contributed by atoms with E-state index >= 15 is 0 Å². The standard InChI is InChI=1S/C10H17ClO2/c1-5-8(11)9(6(2)3)10(13)7(4)12/h5,7,10,12-13H,1-4H3. The number of hydrogen-bond donors (Lipinski definition) is 2. The van der Waals surface area contributed by atoms with Crippen molar-refractivity contribution in [3.63, 3.8) is 0 Å². The normalized spacial score (nSPS) is 16.7. The van der Waals surface area contributed by atoms with E-state index in [1.54, 1.807) is 13.0 Å². The monoisotopic (exact) mass is 204 g/mol. The summed E-state index contributed by atoms with van der Waals surface area (Å²) in [5.41, 5.74) is 1.52. The number of rotatable bonds is 3. The van der Waals surface area contributed by atoms with Crippen LogP contribution in [0.1, 0.15) is 27.7 Å². The molecule has 0 radical (unpaired) electrons. The first-order valence-electron chi connectivity index (χ1n) is 4.27. The van der Waals surface area contributed by atoms with Gasteiger partial charge in [-0.25, -0.2) is 0 Å². The van der Waals surface area contributed by atoms with Crippen molar-refractivity contribution in [2.75, 3.05) is 0 Å². The zero-order valence-corrected chi connectivity index (χ0v) is 9.26. The molecule has 0 bridgehead atoms. The number of halogens is 1. The molecule has 2 N–H and O–H groups in total. The molecule has 0 aliphatic carbocycles. The largest absolute Gasteiger partial charge is 0.390 e. The molecule has 2 nitrogen and oxygen atoms in total. The van der Waals surface area contributed by atoms with Crippen molar-refractivity contribution in [1.29, 1.82) is 0 Å². The minimum atomic E-state index is -0.909. The van der Waals surface area contributed by atoms with Gasteiger partial charge in [0.25, 0.3) is 0 Å². The molecule has 0 aromatic rings. The van der Waals surface area contributed by atoms with E-state index in [0.29, 0.717) is 10.6 Å². The molecule has 76 valence electrons. The average Bonchev–Trinajstić information content (AvgIpc) is 2.03. The van der Waals surface area contributed by atoms with E-state index in [9.17, 15) is 10.2 Å². The maximum Gasteiger partial charge on any atom is 0.106 e. The van der Waals surface area contributed by atoms with Gasteiger partial charge in [-0.3, -0.25) is 0 Å². The number of hydrogen-bond acceptors (Lipinski definition) is 2. The van der Waals surface area contributed by atoms with E-state index < -0.39 is 12.2 Å². The van der Waals surface area contributed by atoms with Gasteiger partial charge in [-0.2, -0.15) is 0 Å². The van der Waals surface area contributed by atoms with Gasteiger partial charge in [0.15, 0.2) is 0 Å². The lowest BCUT2D eigenvalue weighted by Gasteiger charge is -2.18. The Hall–Kier alpha value is -0.310. The van der Waals surface area contributed by atoms with Crippen molar-refractivity contribution in [1.82, 2.24) is 0 Å². The molecule has 0 fully saturated rings. The molecule has 13 heavy (non-hydrogen) atoms. The maximum atomic E-state index is 9.62. The lowest BCUT2D eigenvalue weighted by atomic mass is 10.0.